The summed E-state index contributed by atoms with van der Waals surface area (Å²) in [6, 6.07) is 7.75. The average molecular weight is 283 g/mol. The summed E-state index contributed by atoms with van der Waals surface area (Å²) in [5, 5.41) is 8.00. The van der Waals surface area contributed by atoms with Gasteiger partial charge in [0.1, 0.15) is 11.4 Å². The minimum absolute atomic E-state index is 0.260. The second-order valence-corrected chi connectivity index (χ2v) is 5.30. The zero-order chi connectivity index (χ0) is 15.1. The van der Waals surface area contributed by atoms with Gasteiger partial charge < -0.3 is 9.73 Å². The molecular weight excluding hydrogens is 266 g/mol. The number of hydrogen-bond acceptors (Lipinski definition) is 3. The van der Waals surface area contributed by atoms with Gasteiger partial charge >= 0.3 is 0 Å². The Hall–Kier alpha value is -2.56. The van der Waals surface area contributed by atoms with E-state index in [1.165, 1.54) is 0 Å². The lowest BCUT2D eigenvalue weighted by Crippen LogP contribution is -2.14. The van der Waals surface area contributed by atoms with E-state index in [-0.39, 0.29) is 5.91 Å². The molecule has 1 amide bonds. The van der Waals surface area contributed by atoms with Crippen LogP contribution in [0.3, 0.4) is 0 Å². The Labute approximate surface area is 122 Å². The minimum atomic E-state index is -0.260. The van der Waals surface area contributed by atoms with Gasteiger partial charge in [0, 0.05) is 24.1 Å². The molecule has 5 heteroatoms. The first-order valence-electron chi connectivity index (χ1n) is 6.77. The van der Waals surface area contributed by atoms with Crippen molar-refractivity contribution >= 4 is 22.7 Å². The minimum Gasteiger partial charge on any atom is -0.451 e. The molecule has 0 aliphatic heterocycles. The number of carbonyl (C=O) groups is 1. The van der Waals surface area contributed by atoms with Crippen molar-refractivity contribution in [2.45, 2.75) is 20.8 Å². The summed E-state index contributed by atoms with van der Waals surface area (Å²) in [6.45, 7) is 5.77. The molecule has 0 spiro atoms. The van der Waals surface area contributed by atoms with Gasteiger partial charge in [-0.05, 0) is 32.4 Å². The van der Waals surface area contributed by atoms with E-state index in [4.69, 9.17) is 4.42 Å². The highest BCUT2D eigenvalue weighted by atomic mass is 16.3. The molecule has 5 nitrogen and oxygen atoms in total. The number of carbonyl (C=O) groups excluding carboxylic acids is 1. The van der Waals surface area contributed by atoms with Crippen molar-refractivity contribution in [3.8, 4) is 0 Å². The predicted octanol–water partition coefficient (Wildman–Crippen LogP) is 3.34. The van der Waals surface area contributed by atoms with Crippen LogP contribution in [0.15, 0.2) is 28.7 Å². The molecule has 0 saturated heterocycles. The summed E-state index contributed by atoms with van der Waals surface area (Å²) >= 11 is 0. The molecule has 0 saturated carbocycles. The molecule has 21 heavy (non-hydrogen) atoms. The van der Waals surface area contributed by atoms with Crippen LogP contribution in [0, 0.1) is 20.8 Å². The molecular formula is C16H17N3O2. The predicted molar refractivity (Wildman–Crippen MR) is 81.6 cm³/mol. The largest absolute Gasteiger partial charge is 0.451 e. The molecule has 0 unspecified atom stereocenters. The summed E-state index contributed by atoms with van der Waals surface area (Å²) in [5.41, 5.74) is 3.54. The fourth-order valence-corrected chi connectivity index (χ4v) is 2.45. The lowest BCUT2D eigenvalue weighted by atomic mass is 10.1. The van der Waals surface area contributed by atoms with Gasteiger partial charge in [0.05, 0.1) is 5.69 Å². The number of furan rings is 1. The van der Waals surface area contributed by atoms with Gasteiger partial charge in [-0.1, -0.05) is 12.1 Å². The molecule has 0 fully saturated rings. The molecule has 0 aliphatic rings. The molecule has 0 radical (unpaired) electrons. The van der Waals surface area contributed by atoms with E-state index in [0.717, 1.165) is 27.8 Å². The third kappa shape index (κ3) is 2.31. The van der Waals surface area contributed by atoms with Crippen LogP contribution in [-0.2, 0) is 7.05 Å². The zero-order valence-corrected chi connectivity index (χ0v) is 12.5. The normalized spacial score (nSPS) is 11.0. The molecule has 108 valence electrons. The second kappa shape index (κ2) is 4.77. The van der Waals surface area contributed by atoms with Crippen molar-refractivity contribution in [1.29, 1.82) is 0 Å². The fourth-order valence-electron chi connectivity index (χ4n) is 2.45. The van der Waals surface area contributed by atoms with Crippen LogP contribution in [0.25, 0.3) is 11.0 Å². The molecule has 2 aromatic heterocycles. The Morgan fingerprint density at radius 2 is 2.00 bits per heavy atom. The smallest absolute Gasteiger partial charge is 0.292 e. The summed E-state index contributed by atoms with van der Waals surface area (Å²) in [6.07, 6.45) is 0. The lowest BCUT2D eigenvalue weighted by molar-refractivity contribution is 0.0997. The second-order valence-electron chi connectivity index (χ2n) is 5.30. The van der Waals surface area contributed by atoms with Gasteiger partial charge in [-0.25, -0.2) is 0 Å². The number of hydrogen-bond donors (Lipinski definition) is 1. The van der Waals surface area contributed by atoms with E-state index >= 15 is 0 Å². The first-order valence-corrected chi connectivity index (χ1v) is 6.77. The standard InChI is InChI=1S/C16H17N3O2/c1-9-5-6-12-11(3)15(21-13(12)7-9)16(20)17-14-8-10(2)18-19(14)4/h5-8H,1-4H3,(H,17,20). The number of nitrogens with zero attached hydrogens (tertiary/aromatic N) is 2. The Kier molecular flexibility index (Phi) is 3.05. The van der Waals surface area contributed by atoms with Gasteiger partial charge in [0.25, 0.3) is 5.91 Å². The Balaban J connectivity index is 1.98. The van der Waals surface area contributed by atoms with Gasteiger partial charge in [-0.2, -0.15) is 5.10 Å². The quantitative estimate of drug-likeness (QED) is 0.784. The number of amides is 1. The van der Waals surface area contributed by atoms with Crippen molar-refractivity contribution in [1.82, 2.24) is 9.78 Å². The number of benzene rings is 1. The molecule has 0 atom stereocenters. The van der Waals surface area contributed by atoms with E-state index < -0.39 is 0 Å². The average Bonchev–Trinajstić information content (AvgIpc) is 2.90. The van der Waals surface area contributed by atoms with Gasteiger partial charge in [0.15, 0.2) is 5.76 Å². The van der Waals surface area contributed by atoms with Crippen molar-refractivity contribution in [3.05, 3.63) is 46.8 Å². The highest BCUT2D eigenvalue weighted by Crippen LogP contribution is 2.26. The molecule has 3 rings (SSSR count). The zero-order valence-electron chi connectivity index (χ0n) is 12.5. The van der Waals surface area contributed by atoms with E-state index in [9.17, 15) is 4.79 Å². The molecule has 3 aromatic rings. The van der Waals surface area contributed by atoms with Crippen molar-refractivity contribution in [2.75, 3.05) is 5.32 Å². The summed E-state index contributed by atoms with van der Waals surface area (Å²) in [7, 11) is 1.79. The number of aryl methyl sites for hydroxylation is 4. The summed E-state index contributed by atoms with van der Waals surface area (Å²) in [4.78, 5) is 12.4. The van der Waals surface area contributed by atoms with E-state index in [1.54, 1.807) is 11.7 Å². The van der Waals surface area contributed by atoms with Crippen LogP contribution >= 0.6 is 0 Å². The van der Waals surface area contributed by atoms with Crippen molar-refractivity contribution < 1.29 is 9.21 Å². The van der Waals surface area contributed by atoms with E-state index in [2.05, 4.69) is 10.4 Å². The maximum atomic E-state index is 12.4. The van der Waals surface area contributed by atoms with Crippen LogP contribution in [-0.4, -0.2) is 15.7 Å². The number of anilines is 1. The summed E-state index contributed by atoms with van der Waals surface area (Å²) in [5.74, 6) is 0.729. The first kappa shape index (κ1) is 13.4. The Bertz CT molecular complexity index is 843. The van der Waals surface area contributed by atoms with Crippen LogP contribution < -0.4 is 5.32 Å². The molecule has 2 heterocycles. The Morgan fingerprint density at radius 1 is 1.24 bits per heavy atom. The molecule has 0 aliphatic carbocycles. The van der Waals surface area contributed by atoms with E-state index in [1.807, 2.05) is 45.0 Å². The van der Waals surface area contributed by atoms with Gasteiger partial charge in [-0.3, -0.25) is 9.48 Å². The van der Waals surface area contributed by atoms with Gasteiger partial charge in [0.2, 0.25) is 0 Å². The highest BCUT2D eigenvalue weighted by Gasteiger charge is 2.18. The maximum absolute atomic E-state index is 12.4. The Morgan fingerprint density at radius 3 is 2.67 bits per heavy atom. The number of nitrogens with one attached hydrogen (secondary N) is 1. The fraction of sp³-hybridized carbons (Fsp3) is 0.250. The SMILES string of the molecule is Cc1ccc2c(C)c(C(=O)Nc3cc(C)nn3C)oc2c1. The molecule has 0 bridgehead atoms. The lowest BCUT2D eigenvalue weighted by Gasteiger charge is -2.03. The molecule has 1 aromatic carbocycles. The molecule has 1 N–H and O–H groups in total. The summed E-state index contributed by atoms with van der Waals surface area (Å²) < 4.78 is 7.35. The third-order valence-electron chi connectivity index (χ3n) is 3.54. The van der Waals surface area contributed by atoms with Crippen LogP contribution in [0.2, 0.25) is 0 Å². The monoisotopic (exact) mass is 283 g/mol. The van der Waals surface area contributed by atoms with Crippen LogP contribution in [0.4, 0.5) is 5.82 Å². The highest BCUT2D eigenvalue weighted by molar-refractivity contribution is 6.06. The van der Waals surface area contributed by atoms with Crippen molar-refractivity contribution in [2.24, 2.45) is 7.05 Å². The van der Waals surface area contributed by atoms with E-state index in [0.29, 0.717) is 11.6 Å². The van der Waals surface area contributed by atoms with Crippen LogP contribution in [0.1, 0.15) is 27.4 Å². The topological polar surface area (TPSA) is 60.1 Å². The number of fused-ring (bicyclic) bond motifs is 1. The maximum Gasteiger partial charge on any atom is 0.292 e. The van der Waals surface area contributed by atoms with Crippen LogP contribution in [0.5, 0.6) is 0 Å². The van der Waals surface area contributed by atoms with Gasteiger partial charge in [-0.15, -0.1) is 0 Å². The number of aromatic nitrogens is 2. The van der Waals surface area contributed by atoms with Crippen molar-refractivity contribution in [3.63, 3.8) is 0 Å². The number of rotatable bonds is 2. The third-order valence-corrected chi connectivity index (χ3v) is 3.54. The first-order chi connectivity index (χ1) is 9.95.